The molecule has 3 rings (SSSR count). The van der Waals surface area contributed by atoms with E-state index in [2.05, 4.69) is 9.97 Å². The maximum Gasteiger partial charge on any atom is 0.311 e. The molecule has 10 heteroatoms. The van der Waals surface area contributed by atoms with Crippen LogP contribution in [0.5, 0.6) is 0 Å². The minimum atomic E-state index is -0.814. The summed E-state index contributed by atoms with van der Waals surface area (Å²) in [5, 5.41) is 20.1. The van der Waals surface area contributed by atoms with Gasteiger partial charge in [0.05, 0.1) is 18.3 Å². The summed E-state index contributed by atoms with van der Waals surface area (Å²) in [6.07, 6.45) is -1.87. The van der Waals surface area contributed by atoms with Gasteiger partial charge in [-0.3, -0.25) is 19.1 Å². The fourth-order valence-electron chi connectivity index (χ4n) is 3.09. The summed E-state index contributed by atoms with van der Waals surface area (Å²) in [5.74, 6) is -0.509. The van der Waals surface area contributed by atoms with Gasteiger partial charge in [0.2, 0.25) is 5.95 Å². The molecule has 2 aromatic heterocycles. The third-order valence-corrected chi connectivity index (χ3v) is 5.34. The summed E-state index contributed by atoms with van der Waals surface area (Å²) in [5.41, 5.74) is 5.23. The van der Waals surface area contributed by atoms with E-state index < -0.39 is 40.9 Å². The second kappa shape index (κ2) is 6.28. The Hall–Kier alpha value is -1.75. The first-order valence-corrected chi connectivity index (χ1v) is 8.57. The third-order valence-electron chi connectivity index (χ3n) is 4.40. The zero-order chi connectivity index (χ0) is 17.6. The normalized spacial score (nSPS) is 26.8. The van der Waals surface area contributed by atoms with Gasteiger partial charge < -0.3 is 20.7 Å². The fraction of sp³-hybridized carbons (Fsp3) is 0.643. The number of H-pyrrole nitrogens is 1. The smallest absolute Gasteiger partial charge is 0.311 e. The average molecular weight is 356 g/mol. The molecule has 1 aliphatic rings. The number of anilines is 1. The first-order valence-electron chi connectivity index (χ1n) is 7.75. The van der Waals surface area contributed by atoms with Gasteiger partial charge >= 0.3 is 4.87 Å². The van der Waals surface area contributed by atoms with Crippen molar-refractivity contribution in [3.05, 3.63) is 20.0 Å². The number of thiazole rings is 1. The molecular weight excluding hydrogens is 336 g/mol. The monoisotopic (exact) mass is 356 g/mol. The molecule has 0 aliphatic carbocycles. The lowest BCUT2D eigenvalue weighted by molar-refractivity contribution is -0.0733. The number of nitrogens with two attached hydrogens (primary N) is 1. The van der Waals surface area contributed by atoms with E-state index in [0.717, 1.165) is 11.3 Å². The zero-order valence-corrected chi connectivity index (χ0v) is 14.1. The molecule has 24 heavy (non-hydrogen) atoms. The van der Waals surface area contributed by atoms with Gasteiger partial charge in [0, 0.05) is 5.92 Å². The Labute approximate surface area is 140 Å². The highest BCUT2D eigenvalue weighted by Gasteiger charge is 2.43. The minimum Gasteiger partial charge on any atom is -0.393 e. The number of fused-ring (bicyclic) bond motifs is 1. The fourth-order valence-corrected chi connectivity index (χ4v) is 3.93. The predicted octanol–water partition coefficient (Wildman–Crippen LogP) is -0.216. The van der Waals surface area contributed by atoms with Crippen LogP contribution in [0.15, 0.2) is 9.59 Å². The number of aliphatic hydroxyl groups excluding tert-OH is 2. The van der Waals surface area contributed by atoms with Crippen molar-refractivity contribution in [2.75, 3.05) is 5.73 Å². The van der Waals surface area contributed by atoms with E-state index in [1.165, 1.54) is 4.57 Å². The van der Waals surface area contributed by atoms with Gasteiger partial charge in [0.1, 0.15) is 10.9 Å². The Morgan fingerprint density at radius 1 is 1.50 bits per heavy atom. The standard InChI is InChI=1S/C14H20N4O5S/c1-3-7(20)8-4-6(5(2)19)12(23-8)18-10-9(24-14(18)22)11(21)17-13(15)16-10/h5-8,12,19-20H,3-4H2,1-2H3,(H3,15,16,17,21)/t5-,6-,7-,8-,12+/m0/s1. The van der Waals surface area contributed by atoms with Crippen molar-refractivity contribution in [2.45, 2.75) is 51.2 Å². The van der Waals surface area contributed by atoms with Gasteiger partial charge in [-0.15, -0.1) is 0 Å². The zero-order valence-electron chi connectivity index (χ0n) is 13.3. The molecule has 5 atom stereocenters. The van der Waals surface area contributed by atoms with Gasteiger partial charge in [-0.25, -0.2) is 0 Å². The van der Waals surface area contributed by atoms with Gasteiger partial charge in [0.25, 0.3) is 5.56 Å². The lowest BCUT2D eigenvalue weighted by Gasteiger charge is -2.22. The number of nitrogen functional groups attached to an aromatic ring is 1. The van der Waals surface area contributed by atoms with Crippen LogP contribution in [-0.2, 0) is 4.74 Å². The highest BCUT2D eigenvalue weighted by atomic mass is 32.1. The molecule has 1 fully saturated rings. The summed E-state index contributed by atoms with van der Waals surface area (Å²) in [7, 11) is 0. The Bertz CT molecular complexity index is 857. The summed E-state index contributed by atoms with van der Waals surface area (Å²) >= 11 is 0.752. The first-order chi connectivity index (χ1) is 11.3. The summed E-state index contributed by atoms with van der Waals surface area (Å²) in [4.78, 5) is 30.4. The van der Waals surface area contributed by atoms with E-state index in [4.69, 9.17) is 10.5 Å². The van der Waals surface area contributed by atoms with Gasteiger partial charge in [-0.05, 0) is 19.8 Å². The Balaban J connectivity index is 2.13. The topological polar surface area (TPSA) is 143 Å². The van der Waals surface area contributed by atoms with Crippen molar-refractivity contribution < 1.29 is 14.9 Å². The number of hydrogen-bond acceptors (Lipinski definition) is 8. The van der Waals surface area contributed by atoms with Gasteiger partial charge in [-0.1, -0.05) is 18.3 Å². The molecule has 1 saturated heterocycles. The lowest BCUT2D eigenvalue weighted by Crippen LogP contribution is -2.30. The molecule has 9 nitrogen and oxygen atoms in total. The average Bonchev–Trinajstić information content (AvgIpc) is 3.07. The van der Waals surface area contributed by atoms with E-state index in [9.17, 15) is 19.8 Å². The van der Waals surface area contributed by atoms with Crippen LogP contribution in [0, 0.1) is 5.92 Å². The van der Waals surface area contributed by atoms with Crippen molar-refractivity contribution in [1.82, 2.24) is 14.5 Å². The van der Waals surface area contributed by atoms with Crippen LogP contribution >= 0.6 is 11.3 Å². The van der Waals surface area contributed by atoms with Crippen molar-refractivity contribution in [2.24, 2.45) is 5.92 Å². The molecule has 0 amide bonds. The Kier molecular flexibility index (Phi) is 4.47. The van der Waals surface area contributed by atoms with E-state index in [0.29, 0.717) is 12.8 Å². The third kappa shape index (κ3) is 2.75. The molecule has 0 radical (unpaired) electrons. The maximum absolute atomic E-state index is 12.4. The Morgan fingerprint density at radius 3 is 2.83 bits per heavy atom. The molecule has 3 heterocycles. The highest BCUT2D eigenvalue weighted by molar-refractivity contribution is 7.16. The number of aliphatic hydroxyl groups is 2. The van der Waals surface area contributed by atoms with Crippen LogP contribution in [0.25, 0.3) is 10.3 Å². The molecule has 2 aromatic rings. The van der Waals surface area contributed by atoms with E-state index >= 15 is 0 Å². The number of hydrogen-bond donors (Lipinski definition) is 4. The van der Waals surface area contributed by atoms with Crippen molar-refractivity contribution >= 4 is 27.6 Å². The molecule has 0 unspecified atom stereocenters. The Morgan fingerprint density at radius 2 is 2.21 bits per heavy atom. The molecule has 5 N–H and O–H groups in total. The molecule has 132 valence electrons. The largest absolute Gasteiger partial charge is 0.393 e. The van der Waals surface area contributed by atoms with Gasteiger partial charge in [0.15, 0.2) is 5.65 Å². The summed E-state index contributed by atoms with van der Waals surface area (Å²) in [6, 6.07) is 0. The number of nitrogens with one attached hydrogen (secondary N) is 1. The van der Waals surface area contributed by atoms with Crippen LogP contribution in [0.3, 0.4) is 0 Å². The molecule has 0 saturated carbocycles. The second-order valence-electron chi connectivity index (χ2n) is 6.02. The maximum atomic E-state index is 12.4. The number of aromatic amines is 1. The minimum absolute atomic E-state index is 0.101. The molecule has 0 aromatic carbocycles. The molecule has 0 spiro atoms. The van der Waals surface area contributed by atoms with Crippen molar-refractivity contribution in [3.63, 3.8) is 0 Å². The SMILES string of the molecule is CC[C@H](O)[C@@H]1C[C@@H]([C@H](C)O)[C@H](n2c(=O)sc3c(=O)[nH]c(N)nc32)O1. The van der Waals surface area contributed by atoms with E-state index in [-0.39, 0.29) is 16.3 Å². The van der Waals surface area contributed by atoms with Crippen LogP contribution in [0.4, 0.5) is 5.95 Å². The number of nitrogens with zero attached hydrogens (tertiary/aromatic N) is 2. The van der Waals surface area contributed by atoms with Crippen molar-refractivity contribution in [3.8, 4) is 0 Å². The van der Waals surface area contributed by atoms with Gasteiger partial charge in [-0.2, -0.15) is 4.98 Å². The first kappa shape index (κ1) is 17.1. The van der Waals surface area contributed by atoms with Crippen LogP contribution < -0.4 is 16.2 Å². The number of aromatic nitrogens is 3. The van der Waals surface area contributed by atoms with Crippen molar-refractivity contribution in [1.29, 1.82) is 0 Å². The second-order valence-corrected chi connectivity index (χ2v) is 6.98. The molecule has 1 aliphatic heterocycles. The van der Waals surface area contributed by atoms with Crippen LogP contribution in [0.1, 0.15) is 32.9 Å². The lowest BCUT2D eigenvalue weighted by atomic mass is 9.95. The number of ether oxygens (including phenoxy) is 1. The highest BCUT2D eigenvalue weighted by Crippen LogP contribution is 2.39. The van der Waals surface area contributed by atoms with Crippen LogP contribution in [0.2, 0.25) is 0 Å². The predicted molar refractivity (Wildman–Crippen MR) is 88.9 cm³/mol. The van der Waals surface area contributed by atoms with E-state index in [1.807, 2.05) is 6.92 Å². The molecule has 0 bridgehead atoms. The quantitative estimate of drug-likeness (QED) is 0.593. The molecular formula is C14H20N4O5S. The van der Waals surface area contributed by atoms with E-state index in [1.54, 1.807) is 6.92 Å². The number of rotatable bonds is 4. The summed E-state index contributed by atoms with van der Waals surface area (Å²) in [6.45, 7) is 3.43. The summed E-state index contributed by atoms with van der Waals surface area (Å²) < 4.78 is 7.28. The van der Waals surface area contributed by atoms with Crippen LogP contribution in [-0.4, -0.2) is 43.1 Å².